The maximum atomic E-state index is 12.7. The molecule has 7 heteroatoms. The summed E-state index contributed by atoms with van der Waals surface area (Å²) in [5.41, 5.74) is 1.10. The molecule has 1 atom stereocenters. The minimum absolute atomic E-state index is 0.0886. The normalized spacial score (nSPS) is 12.0. The molecule has 0 fully saturated rings. The van der Waals surface area contributed by atoms with Crippen LogP contribution in [-0.2, 0) is 11.8 Å². The molecule has 0 radical (unpaired) electrons. The average molecular weight is 343 g/mol. The number of benzene rings is 1. The van der Waals surface area contributed by atoms with Crippen LogP contribution < -0.4 is 10.6 Å². The standard InChI is InChI=1S/C18H25N5O2/c1-5-16(24)21-14-8-6-7-13(10-14)18(25)22-15(9-12(2)3)17-19-11-20-23(17)4/h6-8,10-12,15H,5,9H2,1-4H3,(H,21,24)(H,22,25). The van der Waals surface area contributed by atoms with E-state index in [1.165, 1.54) is 6.33 Å². The Bertz CT molecular complexity index is 739. The molecule has 2 amide bonds. The van der Waals surface area contributed by atoms with Crippen molar-refractivity contribution in [3.8, 4) is 0 Å². The van der Waals surface area contributed by atoms with Crippen LogP contribution in [0.1, 0.15) is 55.8 Å². The van der Waals surface area contributed by atoms with Crippen molar-refractivity contribution in [3.05, 3.63) is 42.0 Å². The second-order valence-electron chi connectivity index (χ2n) is 6.38. The van der Waals surface area contributed by atoms with Gasteiger partial charge in [0.1, 0.15) is 12.2 Å². The van der Waals surface area contributed by atoms with E-state index in [2.05, 4.69) is 34.6 Å². The van der Waals surface area contributed by atoms with Crippen molar-refractivity contribution < 1.29 is 9.59 Å². The van der Waals surface area contributed by atoms with Crippen molar-refractivity contribution >= 4 is 17.5 Å². The van der Waals surface area contributed by atoms with Crippen LogP contribution in [0.2, 0.25) is 0 Å². The van der Waals surface area contributed by atoms with E-state index in [-0.39, 0.29) is 17.9 Å². The zero-order valence-electron chi connectivity index (χ0n) is 15.1. The molecule has 25 heavy (non-hydrogen) atoms. The summed E-state index contributed by atoms with van der Waals surface area (Å²) in [5.74, 6) is 0.810. The number of aromatic nitrogens is 3. The highest BCUT2D eigenvalue weighted by Gasteiger charge is 2.21. The second kappa shape index (κ2) is 8.41. The van der Waals surface area contributed by atoms with Crippen LogP contribution in [0, 0.1) is 5.92 Å². The summed E-state index contributed by atoms with van der Waals surface area (Å²) in [7, 11) is 1.81. The SMILES string of the molecule is CCC(=O)Nc1cccc(C(=O)NC(CC(C)C)c2ncnn2C)c1. The van der Waals surface area contributed by atoms with Gasteiger partial charge in [0.25, 0.3) is 5.91 Å². The Kier molecular flexibility index (Phi) is 6.27. The monoisotopic (exact) mass is 343 g/mol. The molecular formula is C18H25N5O2. The van der Waals surface area contributed by atoms with Gasteiger partial charge in [-0.05, 0) is 30.5 Å². The molecule has 0 aliphatic rings. The van der Waals surface area contributed by atoms with Gasteiger partial charge in [-0.2, -0.15) is 5.10 Å². The van der Waals surface area contributed by atoms with Crippen molar-refractivity contribution in [2.24, 2.45) is 13.0 Å². The Morgan fingerprint density at radius 1 is 1.28 bits per heavy atom. The number of rotatable bonds is 7. The largest absolute Gasteiger partial charge is 0.342 e. The lowest BCUT2D eigenvalue weighted by molar-refractivity contribution is -0.115. The molecule has 0 bridgehead atoms. The highest BCUT2D eigenvalue weighted by atomic mass is 16.2. The molecule has 1 heterocycles. The van der Waals surface area contributed by atoms with Crippen molar-refractivity contribution in [3.63, 3.8) is 0 Å². The van der Waals surface area contributed by atoms with E-state index in [0.29, 0.717) is 23.6 Å². The van der Waals surface area contributed by atoms with Crippen molar-refractivity contribution in [2.75, 3.05) is 5.32 Å². The molecule has 0 aliphatic carbocycles. The number of carbonyl (C=O) groups is 2. The summed E-state index contributed by atoms with van der Waals surface area (Å²) < 4.78 is 1.67. The van der Waals surface area contributed by atoms with Gasteiger partial charge in [0, 0.05) is 24.7 Å². The average Bonchev–Trinajstić information content (AvgIpc) is 3.00. The minimum atomic E-state index is -0.228. The van der Waals surface area contributed by atoms with E-state index in [1.54, 1.807) is 35.9 Å². The lowest BCUT2D eigenvalue weighted by Crippen LogP contribution is -2.31. The van der Waals surface area contributed by atoms with Gasteiger partial charge < -0.3 is 10.6 Å². The van der Waals surface area contributed by atoms with Gasteiger partial charge in [0.2, 0.25) is 5.91 Å². The van der Waals surface area contributed by atoms with Crippen LogP contribution in [0.5, 0.6) is 0 Å². The topological polar surface area (TPSA) is 88.9 Å². The third-order valence-electron chi connectivity index (χ3n) is 3.80. The second-order valence-corrected chi connectivity index (χ2v) is 6.38. The van der Waals surface area contributed by atoms with Gasteiger partial charge in [-0.3, -0.25) is 14.3 Å². The van der Waals surface area contributed by atoms with Gasteiger partial charge in [0.15, 0.2) is 0 Å². The fourth-order valence-corrected chi connectivity index (χ4v) is 2.55. The Morgan fingerprint density at radius 2 is 2.04 bits per heavy atom. The Balaban J connectivity index is 2.16. The lowest BCUT2D eigenvalue weighted by atomic mass is 10.0. The summed E-state index contributed by atoms with van der Waals surface area (Å²) in [5, 5.41) is 9.88. The van der Waals surface area contributed by atoms with Crippen molar-refractivity contribution in [1.29, 1.82) is 0 Å². The van der Waals surface area contributed by atoms with E-state index in [4.69, 9.17) is 0 Å². The predicted octanol–water partition coefficient (Wildman–Crippen LogP) is 2.68. The van der Waals surface area contributed by atoms with Crippen LogP contribution >= 0.6 is 0 Å². The number of hydrogen-bond donors (Lipinski definition) is 2. The molecule has 0 spiro atoms. The predicted molar refractivity (Wildman–Crippen MR) is 96.0 cm³/mol. The Hall–Kier alpha value is -2.70. The summed E-state index contributed by atoms with van der Waals surface area (Å²) in [6.45, 7) is 5.97. The number of nitrogens with zero attached hydrogens (tertiary/aromatic N) is 3. The van der Waals surface area contributed by atoms with Gasteiger partial charge in [-0.1, -0.05) is 26.8 Å². The molecule has 0 saturated carbocycles. The molecule has 7 nitrogen and oxygen atoms in total. The van der Waals surface area contributed by atoms with Crippen LogP contribution in [0.15, 0.2) is 30.6 Å². The molecule has 2 aromatic rings. The van der Waals surface area contributed by atoms with E-state index in [0.717, 1.165) is 12.2 Å². The molecule has 1 aromatic carbocycles. The molecule has 134 valence electrons. The number of anilines is 1. The molecule has 2 rings (SSSR count). The number of amides is 2. The zero-order valence-corrected chi connectivity index (χ0v) is 15.1. The first-order chi connectivity index (χ1) is 11.9. The molecular weight excluding hydrogens is 318 g/mol. The van der Waals surface area contributed by atoms with Crippen LogP contribution in [0.3, 0.4) is 0 Å². The first-order valence-electron chi connectivity index (χ1n) is 8.45. The summed E-state index contributed by atoms with van der Waals surface area (Å²) in [4.78, 5) is 28.5. The van der Waals surface area contributed by atoms with Crippen LogP contribution in [0.4, 0.5) is 5.69 Å². The summed E-state index contributed by atoms with van der Waals surface area (Å²) in [6, 6.07) is 6.68. The third kappa shape index (κ3) is 5.14. The Morgan fingerprint density at radius 3 is 2.64 bits per heavy atom. The van der Waals surface area contributed by atoms with E-state index < -0.39 is 0 Å². The van der Waals surface area contributed by atoms with Crippen LogP contribution in [0.25, 0.3) is 0 Å². The number of nitrogens with one attached hydrogen (secondary N) is 2. The van der Waals surface area contributed by atoms with Crippen molar-refractivity contribution in [1.82, 2.24) is 20.1 Å². The van der Waals surface area contributed by atoms with Gasteiger partial charge in [-0.25, -0.2) is 4.98 Å². The Labute approximate surface area is 147 Å². The van der Waals surface area contributed by atoms with Crippen LogP contribution in [-0.4, -0.2) is 26.6 Å². The fourth-order valence-electron chi connectivity index (χ4n) is 2.55. The smallest absolute Gasteiger partial charge is 0.251 e. The quantitative estimate of drug-likeness (QED) is 0.809. The first-order valence-corrected chi connectivity index (χ1v) is 8.45. The maximum Gasteiger partial charge on any atom is 0.251 e. The van der Waals surface area contributed by atoms with Gasteiger partial charge >= 0.3 is 0 Å². The van der Waals surface area contributed by atoms with E-state index in [9.17, 15) is 9.59 Å². The summed E-state index contributed by atoms with van der Waals surface area (Å²) >= 11 is 0. The minimum Gasteiger partial charge on any atom is -0.342 e. The highest BCUT2D eigenvalue weighted by molar-refractivity contribution is 5.97. The number of hydrogen-bond acceptors (Lipinski definition) is 4. The van der Waals surface area contributed by atoms with E-state index in [1.807, 2.05) is 7.05 Å². The first kappa shape index (κ1) is 18.6. The van der Waals surface area contributed by atoms with Crippen molar-refractivity contribution in [2.45, 2.75) is 39.7 Å². The molecule has 2 N–H and O–H groups in total. The number of aryl methyl sites for hydroxylation is 1. The molecule has 1 aromatic heterocycles. The molecule has 0 aliphatic heterocycles. The highest BCUT2D eigenvalue weighted by Crippen LogP contribution is 2.20. The zero-order chi connectivity index (χ0) is 18.4. The fraction of sp³-hybridized carbons (Fsp3) is 0.444. The number of carbonyl (C=O) groups excluding carboxylic acids is 2. The summed E-state index contributed by atoms with van der Waals surface area (Å²) in [6.07, 6.45) is 2.62. The molecule has 1 unspecified atom stereocenters. The third-order valence-corrected chi connectivity index (χ3v) is 3.80. The molecule has 0 saturated heterocycles. The van der Waals surface area contributed by atoms with Gasteiger partial charge in [-0.15, -0.1) is 0 Å². The van der Waals surface area contributed by atoms with Gasteiger partial charge in [0.05, 0.1) is 6.04 Å². The lowest BCUT2D eigenvalue weighted by Gasteiger charge is -2.20. The maximum absolute atomic E-state index is 12.7. The van der Waals surface area contributed by atoms with E-state index >= 15 is 0 Å².